The molecule has 1 aromatic carbocycles. The molecule has 0 bridgehead atoms. The summed E-state index contributed by atoms with van der Waals surface area (Å²) in [4.78, 5) is 13.7. The highest BCUT2D eigenvalue weighted by molar-refractivity contribution is 5.82. The van der Waals surface area contributed by atoms with Crippen LogP contribution in [0.1, 0.15) is 25.0 Å². The maximum Gasteiger partial charge on any atom is 0.256 e. The van der Waals surface area contributed by atoms with Gasteiger partial charge in [-0.25, -0.2) is 0 Å². The average molecular weight is 219 g/mol. The molecule has 0 radical (unpaired) electrons. The molecule has 86 valence electrons. The minimum Gasteiger partial charge on any atom is -0.378 e. The second kappa shape index (κ2) is 4.66. The van der Waals surface area contributed by atoms with Gasteiger partial charge in [0.1, 0.15) is 0 Å². The fourth-order valence-electron chi connectivity index (χ4n) is 2.09. The topological polar surface area (TPSA) is 40.5 Å². The van der Waals surface area contributed by atoms with Crippen LogP contribution < -0.4 is 0 Å². The van der Waals surface area contributed by atoms with E-state index in [2.05, 4.69) is 6.92 Å². The largest absolute Gasteiger partial charge is 0.378 e. The Morgan fingerprint density at radius 3 is 2.69 bits per heavy atom. The number of amides is 1. The first-order chi connectivity index (χ1) is 7.68. The van der Waals surface area contributed by atoms with E-state index in [9.17, 15) is 9.90 Å². The molecule has 1 fully saturated rings. The first kappa shape index (κ1) is 11.1. The molecule has 1 saturated heterocycles. The van der Waals surface area contributed by atoms with Crippen molar-refractivity contribution in [3.05, 3.63) is 35.9 Å². The standard InChI is InChI=1S/C13H17NO2/c1-10-7-8-14(9-10)13(16)12(15)11-5-3-2-4-6-11/h2-6,10,12,15H,7-9H2,1H3/t10?,12-/m1/s1. The second-order valence-corrected chi connectivity index (χ2v) is 4.49. The lowest BCUT2D eigenvalue weighted by Crippen LogP contribution is -2.33. The molecule has 0 aliphatic carbocycles. The molecular weight excluding hydrogens is 202 g/mol. The van der Waals surface area contributed by atoms with Crippen LogP contribution in [-0.2, 0) is 4.79 Å². The van der Waals surface area contributed by atoms with Crippen molar-refractivity contribution in [2.24, 2.45) is 5.92 Å². The Hall–Kier alpha value is -1.35. The molecule has 1 aliphatic heterocycles. The van der Waals surface area contributed by atoms with Gasteiger partial charge in [0.2, 0.25) is 0 Å². The summed E-state index contributed by atoms with van der Waals surface area (Å²) >= 11 is 0. The fourth-order valence-corrected chi connectivity index (χ4v) is 2.09. The monoisotopic (exact) mass is 219 g/mol. The Bertz CT molecular complexity index is 363. The van der Waals surface area contributed by atoms with Crippen molar-refractivity contribution in [1.29, 1.82) is 0 Å². The van der Waals surface area contributed by atoms with E-state index >= 15 is 0 Å². The first-order valence-corrected chi connectivity index (χ1v) is 5.70. The third-order valence-electron chi connectivity index (χ3n) is 3.08. The molecule has 0 spiro atoms. The summed E-state index contributed by atoms with van der Waals surface area (Å²) in [6, 6.07) is 9.10. The van der Waals surface area contributed by atoms with Gasteiger partial charge in [-0.3, -0.25) is 4.79 Å². The van der Waals surface area contributed by atoms with E-state index in [1.54, 1.807) is 17.0 Å². The third-order valence-corrected chi connectivity index (χ3v) is 3.08. The molecule has 1 unspecified atom stereocenters. The van der Waals surface area contributed by atoms with Gasteiger partial charge in [0.05, 0.1) is 0 Å². The summed E-state index contributed by atoms with van der Waals surface area (Å²) in [5, 5.41) is 9.94. The zero-order valence-electron chi connectivity index (χ0n) is 9.47. The Kier molecular flexibility index (Phi) is 3.25. The van der Waals surface area contributed by atoms with E-state index < -0.39 is 6.10 Å². The summed E-state index contributed by atoms with van der Waals surface area (Å²) < 4.78 is 0. The van der Waals surface area contributed by atoms with Crippen LogP contribution in [0.2, 0.25) is 0 Å². The van der Waals surface area contributed by atoms with E-state index in [0.29, 0.717) is 11.5 Å². The van der Waals surface area contributed by atoms with Gasteiger partial charge in [-0.15, -0.1) is 0 Å². The fraction of sp³-hybridized carbons (Fsp3) is 0.462. The maximum atomic E-state index is 12.0. The van der Waals surface area contributed by atoms with E-state index in [4.69, 9.17) is 0 Å². The van der Waals surface area contributed by atoms with Crippen molar-refractivity contribution in [3.8, 4) is 0 Å². The summed E-state index contributed by atoms with van der Waals surface area (Å²) in [6.45, 7) is 3.66. The third kappa shape index (κ3) is 2.25. The molecule has 1 N–H and O–H groups in total. The van der Waals surface area contributed by atoms with Gasteiger partial charge in [0.25, 0.3) is 5.91 Å². The maximum absolute atomic E-state index is 12.0. The highest BCUT2D eigenvalue weighted by atomic mass is 16.3. The minimum atomic E-state index is -1.01. The molecule has 1 amide bonds. The quantitative estimate of drug-likeness (QED) is 0.820. The molecule has 16 heavy (non-hydrogen) atoms. The lowest BCUT2D eigenvalue weighted by atomic mass is 10.1. The Morgan fingerprint density at radius 2 is 2.12 bits per heavy atom. The second-order valence-electron chi connectivity index (χ2n) is 4.49. The Labute approximate surface area is 95.7 Å². The normalized spacial score (nSPS) is 22.1. The molecule has 0 aromatic heterocycles. The number of nitrogens with zero attached hydrogens (tertiary/aromatic N) is 1. The van der Waals surface area contributed by atoms with Crippen molar-refractivity contribution < 1.29 is 9.90 Å². The number of rotatable bonds is 2. The Morgan fingerprint density at radius 1 is 1.44 bits per heavy atom. The van der Waals surface area contributed by atoms with Crippen molar-refractivity contribution in [2.75, 3.05) is 13.1 Å². The lowest BCUT2D eigenvalue weighted by molar-refractivity contribution is -0.139. The van der Waals surface area contributed by atoms with Gasteiger partial charge in [-0.05, 0) is 17.9 Å². The average Bonchev–Trinajstić information content (AvgIpc) is 2.75. The van der Waals surface area contributed by atoms with Gasteiger partial charge in [-0.2, -0.15) is 0 Å². The summed E-state index contributed by atoms with van der Waals surface area (Å²) in [7, 11) is 0. The smallest absolute Gasteiger partial charge is 0.256 e. The van der Waals surface area contributed by atoms with Crippen LogP contribution in [0.15, 0.2) is 30.3 Å². The highest BCUT2D eigenvalue weighted by Crippen LogP contribution is 2.21. The number of aliphatic hydroxyl groups is 1. The zero-order valence-corrected chi connectivity index (χ0v) is 9.47. The minimum absolute atomic E-state index is 0.171. The van der Waals surface area contributed by atoms with E-state index in [-0.39, 0.29) is 5.91 Å². The van der Waals surface area contributed by atoms with Crippen LogP contribution in [0.4, 0.5) is 0 Å². The van der Waals surface area contributed by atoms with Crippen molar-refractivity contribution in [3.63, 3.8) is 0 Å². The van der Waals surface area contributed by atoms with E-state index in [1.807, 2.05) is 18.2 Å². The Balaban J connectivity index is 2.05. The van der Waals surface area contributed by atoms with Crippen LogP contribution in [0, 0.1) is 5.92 Å². The molecule has 1 aromatic rings. The molecular formula is C13H17NO2. The molecule has 3 nitrogen and oxygen atoms in total. The van der Waals surface area contributed by atoms with Crippen molar-refractivity contribution in [2.45, 2.75) is 19.4 Å². The van der Waals surface area contributed by atoms with Crippen molar-refractivity contribution >= 4 is 5.91 Å². The van der Waals surface area contributed by atoms with Crippen molar-refractivity contribution in [1.82, 2.24) is 4.90 Å². The van der Waals surface area contributed by atoms with Gasteiger partial charge < -0.3 is 10.0 Å². The SMILES string of the molecule is CC1CCN(C(=O)[C@H](O)c2ccccc2)C1. The number of carbonyl (C=O) groups is 1. The summed E-state index contributed by atoms with van der Waals surface area (Å²) in [6.07, 6.45) is 0.0271. The van der Waals surface area contributed by atoms with Gasteiger partial charge >= 0.3 is 0 Å². The summed E-state index contributed by atoms with van der Waals surface area (Å²) in [5.41, 5.74) is 0.673. The predicted octanol–water partition coefficient (Wildman–Crippen LogP) is 1.59. The zero-order chi connectivity index (χ0) is 11.5. The van der Waals surface area contributed by atoms with E-state index in [1.165, 1.54) is 0 Å². The van der Waals surface area contributed by atoms with Gasteiger partial charge in [-0.1, -0.05) is 37.3 Å². The number of benzene rings is 1. The number of hydrogen-bond donors (Lipinski definition) is 1. The molecule has 1 aliphatic rings. The number of likely N-dealkylation sites (tertiary alicyclic amines) is 1. The molecule has 2 atom stereocenters. The first-order valence-electron chi connectivity index (χ1n) is 5.70. The molecule has 1 heterocycles. The van der Waals surface area contributed by atoms with Crippen LogP contribution in [0.25, 0.3) is 0 Å². The van der Waals surface area contributed by atoms with Crippen LogP contribution in [0.5, 0.6) is 0 Å². The molecule has 2 rings (SSSR count). The highest BCUT2D eigenvalue weighted by Gasteiger charge is 2.28. The molecule has 3 heteroatoms. The van der Waals surface area contributed by atoms with Crippen LogP contribution >= 0.6 is 0 Å². The van der Waals surface area contributed by atoms with Gasteiger partial charge in [0.15, 0.2) is 6.10 Å². The molecule has 0 saturated carbocycles. The number of hydrogen-bond acceptors (Lipinski definition) is 2. The van der Waals surface area contributed by atoms with E-state index in [0.717, 1.165) is 19.5 Å². The lowest BCUT2D eigenvalue weighted by Gasteiger charge is -2.20. The van der Waals surface area contributed by atoms with Crippen LogP contribution in [-0.4, -0.2) is 29.0 Å². The van der Waals surface area contributed by atoms with Gasteiger partial charge in [0, 0.05) is 13.1 Å². The summed E-state index contributed by atoms with van der Waals surface area (Å²) in [5.74, 6) is 0.377. The van der Waals surface area contributed by atoms with Crippen LogP contribution in [0.3, 0.4) is 0 Å². The number of carbonyl (C=O) groups excluding carboxylic acids is 1. The number of aliphatic hydroxyl groups excluding tert-OH is 1. The predicted molar refractivity (Wildman–Crippen MR) is 61.8 cm³/mol.